The predicted octanol–water partition coefficient (Wildman–Crippen LogP) is 2.31. The van der Waals surface area contributed by atoms with Crippen LogP contribution in [0.15, 0.2) is 29.2 Å². The van der Waals surface area contributed by atoms with E-state index in [1.54, 1.807) is 13.8 Å². The summed E-state index contributed by atoms with van der Waals surface area (Å²) >= 11 is 0. The summed E-state index contributed by atoms with van der Waals surface area (Å²) in [5.41, 5.74) is -1.21. The van der Waals surface area contributed by atoms with Crippen molar-refractivity contribution in [2.75, 3.05) is 5.75 Å². The average Bonchev–Trinajstić information content (AvgIpc) is 2.37. The first-order chi connectivity index (χ1) is 8.69. The van der Waals surface area contributed by atoms with Gasteiger partial charge in [-0.2, -0.15) is 5.26 Å². The van der Waals surface area contributed by atoms with Crippen molar-refractivity contribution in [3.05, 3.63) is 34.4 Å². The fraction of sp³-hybridized carbons (Fsp3) is 0.417. The molecule has 6 nitrogen and oxygen atoms in total. The molecule has 1 aromatic rings. The Bertz CT molecular complexity index is 629. The number of nitrogens with zero attached hydrogens (tertiary/aromatic N) is 2. The van der Waals surface area contributed by atoms with Crippen LogP contribution in [0.2, 0.25) is 0 Å². The van der Waals surface area contributed by atoms with Crippen molar-refractivity contribution in [2.24, 2.45) is 5.41 Å². The largest absolute Gasteiger partial charge is 0.287 e. The quantitative estimate of drug-likeness (QED) is 0.609. The molecule has 1 rings (SSSR count). The summed E-state index contributed by atoms with van der Waals surface area (Å²) < 4.78 is 24.2. The normalized spacial score (nSPS) is 11.8. The molecule has 0 saturated carbocycles. The lowest BCUT2D eigenvalue weighted by Crippen LogP contribution is -2.17. The highest BCUT2D eigenvalue weighted by Crippen LogP contribution is 2.27. The first-order valence-electron chi connectivity index (χ1n) is 5.57. The van der Waals surface area contributed by atoms with Gasteiger partial charge in [0.2, 0.25) is 0 Å². The molecule has 0 saturated heterocycles. The zero-order valence-corrected chi connectivity index (χ0v) is 11.5. The number of sulfone groups is 1. The van der Waals surface area contributed by atoms with Gasteiger partial charge in [0.1, 0.15) is 4.90 Å². The van der Waals surface area contributed by atoms with Crippen molar-refractivity contribution in [2.45, 2.75) is 25.2 Å². The second kappa shape index (κ2) is 5.36. The first-order valence-corrected chi connectivity index (χ1v) is 7.22. The summed E-state index contributed by atoms with van der Waals surface area (Å²) in [7, 11) is -3.77. The van der Waals surface area contributed by atoms with E-state index in [0.717, 1.165) is 6.07 Å². The highest BCUT2D eigenvalue weighted by molar-refractivity contribution is 7.91. The van der Waals surface area contributed by atoms with E-state index < -0.39 is 25.9 Å². The minimum absolute atomic E-state index is 0.123. The monoisotopic (exact) mass is 282 g/mol. The van der Waals surface area contributed by atoms with Crippen LogP contribution in [0.3, 0.4) is 0 Å². The molecule has 19 heavy (non-hydrogen) atoms. The summed E-state index contributed by atoms with van der Waals surface area (Å²) in [6.45, 7) is 3.25. The van der Waals surface area contributed by atoms with Crippen LogP contribution in [-0.4, -0.2) is 19.1 Å². The van der Waals surface area contributed by atoms with E-state index in [-0.39, 0.29) is 17.1 Å². The molecule has 0 bridgehead atoms. The highest BCUT2D eigenvalue weighted by Gasteiger charge is 2.28. The molecule has 0 N–H and O–H groups in total. The van der Waals surface area contributed by atoms with E-state index in [0.29, 0.717) is 0 Å². The summed E-state index contributed by atoms with van der Waals surface area (Å²) in [5.74, 6) is -0.293. The van der Waals surface area contributed by atoms with Crippen LogP contribution in [0, 0.1) is 26.9 Å². The number of nitriles is 1. The minimum atomic E-state index is -3.77. The van der Waals surface area contributed by atoms with E-state index >= 15 is 0 Å². The Balaban J connectivity index is 3.09. The van der Waals surface area contributed by atoms with Gasteiger partial charge in [-0.1, -0.05) is 12.1 Å². The van der Waals surface area contributed by atoms with E-state index in [1.807, 2.05) is 6.07 Å². The number of hydrogen-bond donors (Lipinski definition) is 0. The summed E-state index contributed by atoms with van der Waals surface area (Å²) in [6.07, 6.45) is 0.123. The van der Waals surface area contributed by atoms with Crippen molar-refractivity contribution in [3.63, 3.8) is 0 Å². The van der Waals surface area contributed by atoms with Crippen LogP contribution in [-0.2, 0) is 9.84 Å². The maximum atomic E-state index is 12.1. The SMILES string of the molecule is CC(C)(C#N)CCS(=O)(=O)c1ccccc1[N+](=O)[O-]. The molecule has 0 atom stereocenters. The molecule has 0 fully saturated rings. The van der Waals surface area contributed by atoms with Crippen LogP contribution in [0.1, 0.15) is 20.3 Å². The number of para-hydroxylation sites is 1. The summed E-state index contributed by atoms with van der Waals surface area (Å²) in [6, 6.07) is 7.23. The fourth-order valence-corrected chi connectivity index (χ4v) is 3.17. The lowest BCUT2D eigenvalue weighted by molar-refractivity contribution is -0.387. The third-order valence-corrected chi connectivity index (χ3v) is 4.45. The summed E-state index contributed by atoms with van der Waals surface area (Å²) in [5, 5.41) is 19.7. The standard InChI is InChI=1S/C12H14N2O4S/c1-12(2,9-13)7-8-19(17,18)11-6-4-3-5-10(11)14(15)16/h3-6H,7-8H2,1-2H3. The Labute approximate surface area is 111 Å². The Morgan fingerprint density at radius 2 is 1.95 bits per heavy atom. The van der Waals surface area contributed by atoms with Gasteiger partial charge in [0, 0.05) is 6.07 Å². The average molecular weight is 282 g/mol. The number of rotatable bonds is 5. The molecule has 102 valence electrons. The molecular formula is C12H14N2O4S. The van der Waals surface area contributed by atoms with Gasteiger partial charge in [-0.15, -0.1) is 0 Å². The Kier molecular flexibility index (Phi) is 4.27. The second-order valence-corrected chi connectivity index (χ2v) is 6.87. The van der Waals surface area contributed by atoms with Crippen molar-refractivity contribution >= 4 is 15.5 Å². The molecular weight excluding hydrogens is 268 g/mol. The van der Waals surface area contributed by atoms with Gasteiger partial charge in [0.15, 0.2) is 9.84 Å². The molecule has 0 aliphatic rings. The zero-order chi connectivity index (χ0) is 14.7. The van der Waals surface area contributed by atoms with Gasteiger partial charge < -0.3 is 0 Å². The van der Waals surface area contributed by atoms with Crippen LogP contribution < -0.4 is 0 Å². The van der Waals surface area contributed by atoms with Gasteiger partial charge in [-0.3, -0.25) is 10.1 Å². The molecule has 0 heterocycles. The Hall–Kier alpha value is -1.94. The van der Waals surface area contributed by atoms with Crippen molar-refractivity contribution in [1.82, 2.24) is 0 Å². The van der Waals surface area contributed by atoms with Crippen LogP contribution in [0.25, 0.3) is 0 Å². The molecule has 1 aromatic carbocycles. The maximum absolute atomic E-state index is 12.1. The third-order valence-electron chi connectivity index (χ3n) is 2.70. The highest BCUT2D eigenvalue weighted by atomic mass is 32.2. The Morgan fingerprint density at radius 3 is 2.47 bits per heavy atom. The molecule has 7 heteroatoms. The van der Waals surface area contributed by atoms with Gasteiger partial charge in [-0.25, -0.2) is 8.42 Å². The number of nitro groups is 1. The van der Waals surface area contributed by atoms with Gasteiger partial charge in [0.05, 0.1) is 22.2 Å². The molecule has 0 radical (unpaired) electrons. The van der Waals surface area contributed by atoms with Gasteiger partial charge in [-0.05, 0) is 26.3 Å². The third kappa shape index (κ3) is 3.76. The lowest BCUT2D eigenvalue weighted by atomic mass is 9.93. The molecule has 0 aliphatic carbocycles. The van der Waals surface area contributed by atoms with E-state index in [1.165, 1.54) is 18.2 Å². The van der Waals surface area contributed by atoms with Crippen molar-refractivity contribution < 1.29 is 13.3 Å². The smallest absolute Gasteiger partial charge is 0.258 e. The van der Waals surface area contributed by atoms with Crippen LogP contribution in [0.5, 0.6) is 0 Å². The number of hydrogen-bond acceptors (Lipinski definition) is 5. The maximum Gasteiger partial charge on any atom is 0.287 e. The van der Waals surface area contributed by atoms with Crippen molar-refractivity contribution in [1.29, 1.82) is 5.26 Å². The molecule has 0 spiro atoms. The summed E-state index contributed by atoms with van der Waals surface area (Å²) in [4.78, 5) is 9.80. The molecule has 0 amide bonds. The molecule has 0 aliphatic heterocycles. The van der Waals surface area contributed by atoms with Gasteiger partial charge >= 0.3 is 0 Å². The fourth-order valence-electron chi connectivity index (χ4n) is 1.43. The van der Waals surface area contributed by atoms with Gasteiger partial charge in [0.25, 0.3) is 5.69 Å². The van der Waals surface area contributed by atoms with Crippen LogP contribution in [0.4, 0.5) is 5.69 Å². The van der Waals surface area contributed by atoms with E-state index in [4.69, 9.17) is 5.26 Å². The minimum Gasteiger partial charge on any atom is -0.258 e. The predicted molar refractivity (Wildman–Crippen MR) is 69.2 cm³/mol. The first kappa shape index (κ1) is 15.1. The zero-order valence-electron chi connectivity index (χ0n) is 10.7. The topological polar surface area (TPSA) is 101 Å². The molecule has 0 aromatic heterocycles. The number of nitro benzene ring substituents is 1. The van der Waals surface area contributed by atoms with Crippen LogP contribution >= 0.6 is 0 Å². The van der Waals surface area contributed by atoms with E-state index in [9.17, 15) is 18.5 Å². The Morgan fingerprint density at radius 1 is 1.37 bits per heavy atom. The van der Waals surface area contributed by atoms with Crippen molar-refractivity contribution in [3.8, 4) is 6.07 Å². The molecule has 0 unspecified atom stereocenters. The second-order valence-electron chi connectivity index (χ2n) is 4.79. The van der Waals surface area contributed by atoms with E-state index in [2.05, 4.69) is 0 Å². The lowest BCUT2D eigenvalue weighted by Gasteiger charge is -2.14. The number of benzene rings is 1.